The van der Waals surface area contributed by atoms with Crippen molar-refractivity contribution in [3.8, 4) is 0 Å². The van der Waals surface area contributed by atoms with Crippen molar-refractivity contribution < 1.29 is 9.53 Å². The number of rotatable bonds is 5. The lowest BCUT2D eigenvalue weighted by molar-refractivity contribution is 0.0522. The van der Waals surface area contributed by atoms with Gasteiger partial charge in [-0.3, -0.25) is 0 Å². The Kier molecular flexibility index (Phi) is 5.53. The van der Waals surface area contributed by atoms with E-state index in [0.29, 0.717) is 28.6 Å². The molecule has 0 aliphatic carbocycles. The highest BCUT2D eigenvalue weighted by molar-refractivity contribution is 7.98. The largest absolute Gasteiger partial charge is 0.462 e. The highest BCUT2D eigenvalue weighted by atomic mass is 35.5. The predicted molar refractivity (Wildman–Crippen MR) is 87.8 cm³/mol. The average Bonchev–Trinajstić information content (AvgIpc) is 2.47. The molecule has 0 heterocycles. The van der Waals surface area contributed by atoms with E-state index in [4.69, 9.17) is 22.1 Å². The Morgan fingerprint density at radius 3 is 2.62 bits per heavy atom. The number of halogens is 1. The normalized spacial score (nSPS) is 10.4. The number of anilines is 1. The molecule has 0 saturated heterocycles. The maximum atomic E-state index is 12.0. The summed E-state index contributed by atoms with van der Waals surface area (Å²) < 4.78 is 5.07. The first kappa shape index (κ1) is 15.7. The summed E-state index contributed by atoms with van der Waals surface area (Å²) in [7, 11) is 0. The van der Waals surface area contributed by atoms with E-state index in [-0.39, 0.29) is 5.97 Å². The summed E-state index contributed by atoms with van der Waals surface area (Å²) in [5.41, 5.74) is 8.20. The van der Waals surface area contributed by atoms with Gasteiger partial charge in [-0.25, -0.2) is 4.79 Å². The summed E-state index contributed by atoms with van der Waals surface area (Å²) in [6.45, 7) is 2.12. The van der Waals surface area contributed by atoms with E-state index in [0.717, 1.165) is 10.5 Å². The van der Waals surface area contributed by atoms with Gasteiger partial charge in [-0.05, 0) is 36.8 Å². The lowest BCUT2D eigenvalue weighted by atomic mass is 10.2. The molecule has 0 spiro atoms. The van der Waals surface area contributed by atoms with Gasteiger partial charge in [0.15, 0.2) is 0 Å². The molecule has 110 valence electrons. The first-order chi connectivity index (χ1) is 10.1. The van der Waals surface area contributed by atoms with Crippen LogP contribution in [0.1, 0.15) is 22.8 Å². The van der Waals surface area contributed by atoms with Gasteiger partial charge in [0.05, 0.1) is 12.2 Å². The zero-order valence-electron chi connectivity index (χ0n) is 11.6. The van der Waals surface area contributed by atoms with Crippen molar-refractivity contribution in [2.24, 2.45) is 0 Å². The Balaban J connectivity index is 2.18. The number of nitrogens with two attached hydrogens (primary N) is 1. The summed E-state index contributed by atoms with van der Waals surface area (Å²) >= 11 is 7.39. The van der Waals surface area contributed by atoms with Crippen molar-refractivity contribution in [2.45, 2.75) is 17.6 Å². The maximum absolute atomic E-state index is 12.0. The van der Waals surface area contributed by atoms with Gasteiger partial charge in [0.2, 0.25) is 0 Å². The van der Waals surface area contributed by atoms with Crippen LogP contribution < -0.4 is 5.73 Å². The van der Waals surface area contributed by atoms with Crippen LogP contribution in [-0.2, 0) is 10.5 Å². The predicted octanol–water partition coefficient (Wildman–Crippen LogP) is 4.39. The molecule has 0 unspecified atom stereocenters. The summed E-state index contributed by atoms with van der Waals surface area (Å²) in [6, 6.07) is 12.9. The number of ether oxygens (including phenoxy) is 1. The molecule has 5 heteroatoms. The smallest absolute Gasteiger partial charge is 0.339 e. The molecule has 2 rings (SSSR count). The third kappa shape index (κ3) is 4.16. The van der Waals surface area contributed by atoms with Gasteiger partial charge in [0.25, 0.3) is 0 Å². The molecule has 0 amide bonds. The highest BCUT2D eigenvalue weighted by Gasteiger charge is 2.15. The van der Waals surface area contributed by atoms with Gasteiger partial charge in [-0.15, -0.1) is 11.8 Å². The van der Waals surface area contributed by atoms with Gasteiger partial charge >= 0.3 is 5.97 Å². The van der Waals surface area contributed by atoms with Crippen LogP contribution in [0.3, 0.4) is 0 Å². The molecule has 21 heavy (non-hydrogen) atoms. The van der Waals surface area contributed by atoms with Crippen LogP contribution in [0.15, 0.2) is 47.4 Å². The molecule has 0 aliphatic rings. The molecular formula is C16H16ClNO2S. The Labute approximate surface area is 133 Å². The molecule has 0 aromatic heterocycles. The number of esters is 1. The molecule has 0 fully saturated rings. The molecule has 0 radical (unpaired) electrons. The molecule has 2 aromatic rings. The summed E-state index contributed by atoms with van der Waals surface area (Å²) in [5, 5.41) is 0.704. The number of hydrogen-bond donors (Lipinski definition) is 1. The quantitative estimate of drug-likeness (QED) is 0.504. The fourth-order valence-electron chi connectivity index (χ4n) is 1.82. The van der Waals surface area contributed by atoms with E-state index < -0.39 is 0 Å². The van der Waals surface area contributed by atoms with Gasteiger partial charge in [0, 0.05) is 21.4 Å². The lowest BCUT2D eigenvalue weighted by Crippen LogP contribution is -2.07. The van der Waals surface area contributed by atoms with Crippen LogP contribution in [0.5, 0.6) is 0 Å². The molecular weight excluding hydrogens is 306 g/mol. The highest BCUT2D eigenvalue weighted by Crippen LogP contribution is 2.32. The second-order valence-electron chi connectivity index (χ2n) is 4.36. The van der Waals surface area contributed by atoms with E-state index in [1.54, 1.807) is 25.1 Å². The van der Waals surface area contributed by atoms with Gasteiger partial charge in [-0.2, -0.15) is 0 Å². The minimum absolute atomic E-state index is 0.342. The Morgan fingerprint density at radius 1 is 1.24 bits per heavy atom. The SMILES string of the molecule is CCOC(=O)c1cccc(N)c1SCc1ccc(Cl)cc1. The van der Waals surface area contributed by atoms with Crippen molar-refractivity contribution in [3.05, 3.63) is 58.6 Å². The topological polar surface area (TPSA) is 52.3 Å². The Bertz CT molecular complexity index is 629. The van der Waals surface area contributed by atoms with E-state index in [9.17, 15) is 4.79 Å². The van der Waals surface area contributed by atoms with E-state index >= 15 is 0 Å². The molecule has 0 bridgehead atoms. The number of hydrogen-bond acceptors (Lipinski definition) is 4. The fourth-order valence-corrected chi connectivity index (χ4v) is 2.99. The van der Waals surface area contributed by atoms with Crippen LogP contribution in [0.2, 0.25) is 5.02 Å². The molecule has 0 aliphatic heterocycles. The number of thioether (sulfide) groups is 1. The molecule has 0 saturated carbocycles. The first-order valence-corrected chi connectivity index (χ1v) is 7.91. The van der Waals surface area contributed by atoms with Crippen molar-refractivity contribution in [2.75, 3.05) is 12.3 Å². The minimum atomic E-state index is -0.344. The molecule has 3 nitrogen and oxygen atoms in total. The monoisotopic (exact) mass is 321 g/mol. The van der Waals surface area contributed by atoms with Crippen molar-refractivity contribution >= 4 is 35.0 Å². The Hall–Kier alpha value is -1.65. The van der Waals surface area contributed by atoms with Gasteiger partial charge < -0.3 is 10.5 Å². The van der Waals surface area contributed by atoms with Crippen molar-refractivity contribution in [3.63, 3.8) is 0 Å². The van der Waals surface area contributed by atoms with Gasteiger partial charge in [0.1, 0.15) is 0 Å². The second-order valence-corrected chi connectivity index (χ2v) is 5.78. The number of carbonyl (C=O) groups is 1. The van der Waals surface area contributed by atoms with Crippen LogP contribution in [0.4, 0.5) is 5.69 Å². The zero-order chi connectivity index (χ0) is 15.2. The maximum Gasteiger partial charge on any atom is 0.339 e. The fraction of sp³-hybridized carbons (Fsp3) is 0.188. The summed E-state index contributed by atoms with van der Waals surface area (Å²) in [4.78, 5) is 12.7. The zero-order valence-corrected chi connectivity index (χ0v) is 13.2. The molecule has 2 aromatic carbocycles. The minimum Gasteiger partial charge on any atom is -0.462 e. The van der Waals surface area contributed by atoms with Crippen LogP contribution in [0, 0.1) is 0 Å². The van der Waals surface area contributed by atoms with Crippen molar-refractivity contribution in [1.29, 1.82) is 0 Å². The summed E-state index contributed by atoms with van der Waals surface area (Å²) in [5.74, 6) is 0.362. The third-order valence-electron chi connectivity index (χ3n) is 2.84. The van der Waals surface area contributed by atoms with E-state index in [1.807, 2.05) is 24.3 Å². The van der Waals surface area contributed by atoms with Crippen molar-refractivity contribution in [1.82, 2.24) is 0 Å². The standard InChI is InChI=1S/C16H16ClNO2S/c1-2-20-16(19)13-4-3-5-14(18)15(13)21-10-11-6-8-12(17)9-7-11/h3-9H,2,10,18H2,1H3. The average molecular weight is 322 g/mol. The van der Waals surface area contributed by atoms with Crippen LogP contribution in [-0.4, -0.2) is 12.6 Å². The van der Waals surface area contributed by atoms with Crippen LogP contribution >= 0.6 is 23.4 Å². The van der Waals surface area contributed by atoms with E-state index in [1.165, 1.54) is 11.8 Å². The number of carbonyl (C=O) groups excluding carboxylic acids is 1. The lowest BCUT2D eigenvalue weighted by Gasteiger charge is -2.11. The first-order valence-electron chi connectivity index (χ1n) is 6.54. The Morgan fingerprint density at radius 2 is 1.95 bits per heavy atom. The van der Waals surface area contributed by atoms with E-state index in [2.05, 4.69) is 0 Å². The number of benzene rings is 2. The summed E-state index contributed by atoms with van der Waals surface area (Å²) in [6.07, 6.45) is 0. The molecule has 2 N–H and O–H groups in total. The third-order valence-corrected chi connectivity index (χ3v) is 4.31. The van der Waals surface area contributed by atoms with Crippen LogP contribution in [0.25, 0.3) is 0 Å². The van der Waals surface area contributed by atoms with Gasteiger partial charge in [-0.1, -0.05) is 29.8 Å². The molecule has 0 atom stereocenters. The second kappa shape index (κ2) is 7.38. The number of nitrogen functional groups attached to an aromatic ring is 1.